The van der Waals surface area contributed by atoms with E-state index in [-0.39, 0.29) is 42.0 Å². The molecule has 0 aliphatic carbocycles. The highest BCUT2D eigenvalue weighted by Crippen LogP contribution is 2.37. The van der Waals surface area contributed by atoms with Gasteiger partial charge in [-0.25, -0.2) is 12.8 Å². The van der Waals surface area contributed by atoms with Crippen molar-refractivity contribution in [2.45, 2.75) is 18.7 Å². The second-order valence-corrected chi connectivity index (χ2v) is 10.2. The molecule has 174 valence electrons. The lowest BCUT2D eigenvalue weighted by molar-refractivity contribution is 0.0697. The molecule has 1 amide bonds. The summed E-state index contributed by atoms with van der Waals surface area (Å²) in [5.41, 5.74) is 0.332. The van der Waals surface area contributed by atoms with E-state index in [1.807, 2.05) is 13.8 Å². The number of hydrogen-bond donors (Lipinski definition) is 0. The number of methoxy groups -OCH3 is 1. The van der Waals surface area contributed by atoms with Gasteiger partial charge in [-0.3, -0.25) is 4.79 Å². The Bertz CT molecular complexity index is 1070. The third-order valence-electron chi connectivity index (χ3n) is 5.01. The van der Waals surface area contributed by atoms with Crippen molar-refractivity contribution in [2.75, 3.05) is 39.9 Å². The van der Waals surface area contributed by atoms with Crippen LogP contribution in [0.3, 0.4) is 0 Å². The van der Waals surface area contributed by atoms with Crippen molar-refractivity contribution in [3.63, 3.8) is 0 Å². The smallest absolute Gasteiger partial charge is 0.254 e. The van der Waals surface area contributed by atoms with Gasteiger partial charge in [-0.2, -0.15) is 4.31 Å². The Labute approximate surface area is 192 Å². The van der Waals surface area contributed by atoms with Crippen molar-refractivity contribution in [1.82, 2.24) is 9.21 Å². The molecule has 10 heteroatoms. The Morgan fingerprint density at radius 1 is 1.12 bits per heavy atom. The summed E-state index contributed by atoms with van der Waals surface area (Å²) in [4.78, 5) is 14.6. The second-order valence-electron chi connectivity index (χ2n) is 7.84. The van der Waals surface area contributed by atoms with Gasteiger partial charge in [0.1, 0.15) is 5.82 Å². The monoisotopic (exact) mass is 484 g/mol. The predicted octanol–water partition coefficient (Wildman–Crippen LogP) is 3.67. The quantitative estimate of drug-likeness (QED) is 0.599. The fourth-order valence-corrected chi connectivity index (χ4v) is 4.99. The molecule has 0 unspecified atom stereocenters. The van der Waals surface area contributed by atoms with Crippen LogP contribution in [0.4, 0.5) is 4.39 Å². The van der Waals surface area contributed by atoms with E-state index in [2.05, 4.69) is 0 Å². The van der Waals surface area contributed by atoms with Gasteiger partial charge >= 0.3 is 0 Å². The van der Waals surface area contributed by atoms with Gasteiger partial charge in [-0.15, -0.1) is 0 Å². The molecule has 1 fully saturated rings. The van der Waals surface area contributed by atoms with Crippen LogP contribution in [-0.4, -0.2) is 63.4 Å². The minimum atomic E-state index is -3.76. The Morgan fingerprint density at radius 3 is 2.31 bits per heavy atom. The molecule has 0 spiro atoms. The highest BCUT2D eigenvalue weighted by molar-refractivity contribution is 7.89. The maximum absolute atomic E-state index is 13.1. The molecule has 1 saturated heterocycles. The normalized spacial score (nSPS) is 15.1. The molecule has 1 heterocycles. The fourth-order valence-electron chi connectivity index (χ4n) is 3.30. The van der Waals surface area contributed by atoms with Crippen LogP contribution in [0, 0.1) is 11.7 Å². The molecule has 2 aromatic carbocycles. The van der Waals surface area contributed by atoms with Crippen LogP contribution in [0.2, 0.25) is 5.02 Å². The minimum Gasteiger partial charge on any atom is -0.493 e. The van der Waals surface area contributed by atoms with Gasteiger partial charge in [-0.05, 0) is 42.3 Å². The van der Waals surface area contributed by atoms with Crippen LogP contribution in [-0.2, 0) is 10.0 Å². The number of nitrogens with zero attached hydrogens (tertiary/aromatic N) is 2. The van der Waals surface area contributed by atoms with E-state index in [1.165, 1.54) is 29.6 Å². The first-order valence-corrected chi connectivity index (χ1v) is 12.0. The largest absolute Gasteiger partial charge is 0.493 e. The molecule has 3 rings (SSSR count). The number of sulfonamides is 1. The molecule has 1 aliphatic rings. The van der Waals surface area contributed by atoms with E-state index in [4.69, 9.17) is 21.1 Å². The average Bonchev–Trinajstić information content (AvgIpc) is 2.77. The zero-order valence-corrected chi connectivity index (χ0v) is 19.7. The van der Waals surface area contributed by atoms with E-state index < -0.39 is 15.8 Å². The number of benzene rings is 2. The number of halogens is 2. The minimum absolute atomic E-state index is 0.0205. The Hall–Kier alpha value is -2.36. The van der Waals surface area contributed by atoms with Crippen LogP contribution >= 0.6 is 11.6 Å². The van der Waals surface area contributed by atoms with Gasteiger partial charge in [0.15, 0.2) is 11.5 Å². The Balaban J connectivity index is 1.71. The lowest BCUT2D eigenvalue weighted by atomic mass is 10.1. The molecule has 7 nitrogen and oxygen atoms in total. The molecular weight excluding hydrogens is 459 g/mol. The van der Waals surface area contributed by atoms with Crippen molar-refractivity contribution in [2.24, 2.45) is 5.92 Å². The van der Waals surface area contributed by atoms with Crippen LogP contribution in [0.5, 0.6) is 11.5 Å². The summed E-state index contributed by atoms with van der Waals surface area (Å²) in [5, 5.41) is 0.269. The summed E-state index contributed by atoms with van der Waals surface area (Å²) in [7, 11) is -2.28. The van der Waals surface area contributed by atoms with Crippen molar-refractivity contribution >= 4 is 27.5 Å². The molecule has 32 heavy (non-hydrogen) atoms. The SMILES string of the molecule is COc1cc(C(=O)N2CCN(S(=O)(=O)c3ccc(F)cc3)CC2)cc(Cl)c1OCC(C)C. The zero-order chi connectivity index (χ0) is 23.5. The number of carbonyl (C=O) groups is 1. The highest BCUT2D eigenvalue weighted by Gasteiger charge is 2.31. The zero-order valence-electron chi connectivity index (χ0n) is 18.2. The van der Waals surface area contributed by atoms with E-state index in [9.17, 15) is 17.6 Å². The van der Waals surface area contributed by atoms with Crippen molar-refractivity contribution in [1.29, 1.82) is 0 Å². The summed E-state index contributed by atoms with van der Waals surface area (Å²) in [6, 6.07) is 7.80. The molecular formula is C22H26ClFN2O5S. The summed E-state index contributed by atoms with van der Waals surface area (Å²) in [5.74, 6) is 0.252. The first kappa shape index (κ1) is 24.3. The van der Waals surface area contributed by atoms with E-state index >= 15 is 0 Å². The van der Waals surface area contributed by atoms with Gasteiger partial charge < -0.3 is 14.4 Å². The average molecular weight is 485 g/mol. The Morgan fingerprint density at radius 2 is 1.75 bits per heavy atom. The molecule has 1 aliphatic heterocycles. The van der Waals surface area contributed by atoms with Gasteiger partial charge in [-0.1, -0.05) is 25.4 Å². The predicted molar refractivity (Wildman–Crippen MR) is 119 cm³/mol. The molecule has 2 aromatic rings. The third-order valence-corrected chi connectivity index (χ3v) is 7.21. The van der Waals surface area contributed by atoms with E-state index in [0.29, 0.717) is 29.6 Å². The Kier molecular flexibility index (Phi) is 7.63. The third kappa shape index (κ3) is 5.33. The first-order valence-electron chi connectivity index (χ1n) is 10.2. The van der Waals surface area contributed by atoms with Crippen molar-refractivity contribution < 1.29 is 27.1 Å². The van der Waals surface area contributed by atoms with Crippen LogP contribution in [0.25, 0.3) is 0 Å². The fraction of sp³-hybridized carbons (Fsp3) is 0.409. The molecule has 0 bridgehead atoms. The van der Waals surface area contributed by atoms with Gasteiger partial charge in [0.25, 0.3) is 5.91 Å². The number of amides is 1. The van der Waals surface area contributed by atoms with Crippen molar-refractivity contribution in [3.05, 3.63) is 52.8 Å². The molecule has 0 radical (unpaired) electrons. The lowest BCUT2D eigenvalue weighted by Crippen LogP contribution is -2.50. The molecule has 0 atom stereocenters. The standard InChI is InChI=1S/C22H26ClFN2O5S/c1-15(2)14-31-21-19(23)12-16(13-20(21)30-3)22(27)25-8-10-26(11-9-25)32(28,29)18-6-4-17(24)5-7-18/h4-7,12-13,15H,8-11,14H2,1-3H3. The second kappa shape index (κ2) is 10.1. The summed E-state index contributed by atoms with van der Waals surface area (Å²) in [6.45, 7) is 5.16. The number of piperazine rings is 1. The molecule has 0 saturated carbocycles. The molecule has 0 aromatic heterocycles. The van der Waals surface area contributed by atoms with Crippen LogP contribution in [0.1, 0.15) is 24.2 Å². The lowest BCUT2D eigenvalue weighted by Gasteiger charge is -2.34. The number of hydrogen-bond acceptors (Lipinski definition) is 5. The van der Waals surface area contributed by atoms with Gasteiger partial charge in [0.05, 0.1) is 23.6 Å². The maximum atomic E-state index is 13.1. The summed E-state index contributed by atoms with van der Waals surface area (Å²) >= 11 is 6.35. The highest BCUT2D eigenvalue weighted by atomic mass is 35.5. The van der Waals surface area contributed by atoms with E-state index in [1.54, 1.807) is 11.0 Å². The number of ether oxygens (including phenoxy) is 2. The first-order chi connectivity index (χ1) is 15.1. The maximum Gasteiger partial charge on any atom is 0.254 e. The topological polar surface area (TPSA) is 76.2 Å². The van der Waals surface area contributed by atoms with Crippen LogP contribution in [0.15, 0.2) is 41.3 Å². The molecule has 0 N–H and O–H groups in total. The van der Waals surface area contributed by atoms with Crippen molar-refractivity contribution in [3.8, 4) is 11.5 Å². The summed E-state index contributed by atoms with van der Waals surface area (Å²) in [6.07, 6.45) is 0. The van der Waals surface area contributed by atoms with E-state index in [0.717, 1.165) is 12.1 Å². The number of rotatable bonds is 7. The van der Waals surface area contributed by atoms with Gasteiger partial charge in [0, 0.05) is 31.7 Å². The van der Waals surface area contributed by atoms with Crippen LogP contribution < -0.4 is 9.47 Å². The summed E-state index contributed by atoms with van der Waals surface area (Å²) < 4.78 is 51.0. The van der Waals surface area contributed by atoms with Gasteiger partial charge in [0.2, 0.25) is 10.0 Å². The number of carbonyl (C=O) groups excluding carboxylic acids is 1.